The van der Waals surface area contributed by atoms with Gasteiger partial charge in [-0.05, 0) is 61.5 Å². The van der Waals surface area contributed by atoms with Crippen LogP contribution in [0.2, 0.25) is 0 Å². The Labute approximate surface area is 137 Å². The van der Waals surface area contributed by atoms with Gasteiger partial charge in [0.25, 0.3) is 0 Å². The van der Waals surface area contributed by atoms with Gasteiger partial charge in [0, 0.05) is 6.61 Å². The van der Waals surface area contributed by atoms with Crippen molar-refractivity contribution in [2.24, 2.45) is 5.92 Å². The molecule has 1 aromatic rings. The van der Waals surface area contributed by atoms with E-state index in [4.69, 9.17) is 5.11 Å². The Morgan fingerprint density at radius 1 is 0.909 bits per heavy atom. The molecule has 0 saturated heterocycles. The maximum atomic E-state index is 8.90. The van der Waals surface area contributed by atoms with Gasteiger partial charge < -0.3 is 5.11 Å². The number of rotatable bonds is 9. The highest BCUT2D eigenvalue weighted by molar-refractivity contribution is 5.25. The minimum Gasteiger partial charge on any atom is -0.396 e. The van der Waals surface area contributed by atoms with E-state index < -0.39 is 0 Å². The van der Waals surface area contributed by atoms with Gasteiger partial charge in [0.15, 0.2) is 0 Å². The molecule has 0 unspecified atom stereocenters. The monoisotopic (exact) mass is 302 g/mol. The van der Waals surface area contributed by atoms with Gasteiger partial charge >= 0.3 is 0 Å². The van der Waals surface area contributed by atoms with Gasteiger partial charge in [0.05, 0.1) is 0 Å². The Kier molecular flexibility index (Phi) is 8.01. The van der Waals surface area contributed by atoms with Crippen LogP contribution >= 0.6 is 0 Å². The predicted octanol–water partition coefficient (Wildman–Crippen LogP) is 5.86. The summed E-state index contributed by atoms with van der Waals surface area (Å²) in [5.41, 5.74) is 2.90. The first-order valence-electron chi connectivity index (χ1n) is 9.53. The van der Waals surface area contributed by atoms with Crippen LogP contribution in [0.15, 0.2) is 24.3 Å². The van der Waals surface area contributed by atoms with E-state index in [1.807, 2.05) is 0 Å². The van der Waals surface area contributed by atoms with Crippen molar-refractivity contribution < 1.29 is 5.11 Å². The second-order valence-electron chi connectivity index (χ2n) is 7.14. The lowest BCUT2D eigenvalue weighted by Gasteiger charge is -2.29. The van der Waals surface area contributed by atoms with E-state index in [0.717, 1.165) is 24.7 Å². The van der Waals surface area contributed by atoms with Crippen LogP contribution < -0.4 is 0 Å². The number of aliphatic hydroxyl groups excluding tert-OH is 1. The van der Waals surface area contributed by atoms with Crippen LogP contribution in [0, 0.1) is 5.92 Å². The number of hydrogen-bond donors (Lipinski definition) is 1. The summed E-state index contributed by atoms with van der Waals surface area (Å²) in [5.74, 6) is 1.79. The summed E-state index contributed by atoms with van der Waals surface area (Å²) in [6.07, 6.45) is 14.6. The molecule has 0 atom stereocenters. The Balaban J connectivity index is 1.72. The van der Waals surface area contributed by atoms with Gasteiger partial charge in [-0.25, -0.2) is 0 Å². The van der Waals surface area contributed by atoms with Gasteiger partial charge in [-0.15, -0.1) is 0 Å². The Morgan fingerprint density at radius 2 is 1.64 bits per heavy atom. The minimum atomic E-state index is 0.296. The van der Waals surface area contributed by atoms with Gasteiger partial charge in [0.1, 0.15) is 0 Å². The van der Waals surface area contributed by atoms with E-state index in [9.17, 15) is 0 Å². The number of unbranched alkanes of at least 4 members (excludes halogenated alkanes) is 3. The molecule has 0 aromatic heterocycles. The summed E-state index contributed by atoms with van der Waals surface area (Å²) >= 11 is 0. The van der Waals surface area contributed by atoms with Gasteiger partial charge in [-0.3, -0.25) is 0 Å². The van der Waals surface area contributed by atoms with E-state index >= 15 is 0 Å². The number of aryl methyl sites for hydroxylation is 1. The highest BCUT2D eigenvalue weighted by atomic mass is 16.2. The average Bonchev–Trinajstić information content (AvgIpc) is 2.58. The van der Waals surface area contributed by atoms with E-state index in [0.29, 0.717) is 6.61 Å². The lowest BCUT2D eigenvalue weighted by molar-refractivity contribution is 0.288. The largest absolute Gasteiger partial charge is 0.396 e. The molecule has 1 aliphatic carbocycles. The molecule has 0 bridgehead atoms. The molecule has 1 N–H and O–H groups in total. The average molecular weight is 303 g/mol. The quantitative estimate of drug-likeness (QED) is 0.567. The van der Waals surface area contributed by atoms with Crippen molar-refractivity contribution in [3.8, 4) is 0 Å². The third-order valence-electron chi connectivity index (χ3n) is 5.39. The number of hydrogen-bond acceptors (Lipinski definition) is 1. The second kappa shape index (κ2) is 10.0. The second-order valence-corrected chi connectivity index (χ2v) is 7.14. The molecular weight excluding hydrogens is 268 g/mol. The van der Waals surface area contributed by atoms with E-state index in [-0.39, 0.29) is 0 Å². The smallest absolute Gasteiger partial charge is 0.0434 e. The molecule has 0 radical (unpaired) electrons. The van der Waals surface area contributed by atoms with Crippen LogP contribution in [0.4, 0.5) is 0 Å². The molecule has 124 valence electrons. The molecule has 2 rings (SSSR count). The lowest BCUT2D eigenvalue weighted by Crippen LogP contribution is -2.13. The Hall–Kier alpha value is -0.820. The zero-order chi connectivity index (χ0) is 15.6. The van der Waals surface area contributed by atoms with E-state index in [2.05, 4.69) is 31.2 Å². The van der Waals surface area contributed by atoms with Crippen LogP contribution in [-0.4, -0.2) is 11.7 Å². The molecule has 1 fully saturated rings. The lowest BCUT2D eigenvalue weighted by atomic mass is 9.77. The summed E-state index contributed by atoms with van der Waals surface area (Å²) in [6.45, 7) is 2.59. The summed E-state index contributed by atoms with van der Waals surface area (Å²) in [4.78, 5) is 0. The molecule has 1 aliphatic rings. The maximum Gasteiger partial charge on any atom is 0.0434 e. The molecule has 22 heavy (non-hydrogen) atoms. The first-order valence-corrected chi connectivity index (χ1v) is 9.53. The van der Waals surface area contributed by atoms with Crippen molar-refractivity contribution >= 4 is 0 Å². The zero-order valence-corrected chi connectivity index (χ0v) is 14.4. The van der Waals surface area contributed by atoms with Crippen molar-refractivity contribution in [2.45, 2.75) is 83.5 Å². The highest BCUT2D eigenvalue weighted by Gasteiger charge is 2.21. The molecule has 1 saturated carbocycles. The molecule has 0 spiro atoms. The van der Waals surface area contributed by atoms with Crippen molar-refractivity contribution in [2.75, 3.05) is 6.61 Å². The number of benzene rings is 1. The third kappa shape index (κ3) is 5.76. The summed E-state index contributed by atoms with van der Waals surface area (Å²) in [6, 6.07) is 9.20. The topological polar surface area (TPSA) is 20.2 Å². The highest BCUT2D eigenvalue weighted by Crippen LogP contribution is 2.37. The number of aliphatic hydroxyl groups is 1. The molecule has 1 nitrogen and oxygen atoms in total. The Bertz CT molecular complexity index is 387. The zero-order valence-electron chi connectivity index (χ0n) is 14.4. The molecule has 1 aromatic carbocycles. The van der Waals surface area contributed by atoms with E-state index in [1.54, 1.807) is 0 Å². The molecule has 0 aliphatic heterocycles. The van der Waals surface area contributed by atoms with Crippen molar-refractivity contribution in [3.05, 3.63) is 35.4 Å². The fourth-order valence-corrected chi connectivity index (χ4v) is 3.88. The molecular formula is C21H34O. The van der Waals surface area contributed by atoms with Crippen molar-refractivity contribution in [1.29, 1.82) is 0 Å². The predicted molar refractivity (Wildman–Crippen MR) is 95.3 cm³/mol. The summed E-state index contributed by atoms with van der Waals surface area (Å²) in [5, 5.41) is 8.90. The van der Waals surface area contributed by atoms with Gasteiger partial charge in [0.2, 0.25) is 0 Å². The van der Waals surface area contributed by atoms with Crippen molar-refractivity contribution in [3.63, 3.8) is 0 Å². The van der Waals surface area contributed by atoms with Crippen LogP contribution in [0.3, 0.4) is 0 Å². The first-order chi connectivity index (χ1) is 10.8. The fourth-order valence-electron chi connectivity index (χ4n) is 3.88. The standard InChI is InChI=1S/C21H34O/c1-2-3-4-5-7-18-9-13-20(14-10-18)21-15-11-19(12-16-21)8-6-17-22/h11-12,15-16,18,20,22H,2-10,13-14,17H2,1H3. The van der Waals surface area contributed by atoms with Crippen LogP contribution in [0.5, 0.6) is 0 Å². The summed E-state index contributed by atoms with van der Waals surface area (Å²) in [7, 11) is 0. The van der Waals surface area contributed by atoms with Crippen LogP contribution in [-0.2, 0) is 6.42 Å². The van der Waals surface area contributed by atoms with Crippen LogP contribution in [0.1, 0.15) is 88.2 Å². The SMILES string of the molecule is CCCCCCC1CCC(c2ccc(CCCO)cc2)CC1. The fraction of sp³-hybridized carbons (Fsp3) is 0.714. The first kappa shape index (κ1) is 17.5. The van der Waals surface area contributed by atoms with Crippen molar-refractivity contribution in [1.82, 2.24) is 0 Å². The molecule has 0 heterocycles. The normalized spacial score (nSPS) is 21.9. The molecule has 1 heteroatoms. The van der Waals surface area contributed by atoms with Gasteiger partial charge in [-0.1, -0.05) is 63.3 Å². The maximum absolute atomic E-state index is 8.90. The Morgan fingerprint density at radius 3 is 2.27 bits per heavy atom. The van der Waals surface area contributed by atoms with E-state index in [1.165, 1.54) is 68.9 Å². The third-order valence-corrected chi connectivity index (χ3v) is 5.39. The van der Waals surface area contributed by atoms with Gasteiger partial charge in [-0.2, -0.15) is 0 Å². The summed E-state index contributed by atoms with van der Waals surface area (Å²) < 4.78 is 0. The minimum absolute atomic E-state index is 0.296. The van der Waals surface area contributed by atoms with Crippen LogP contribution in [0.25, 0.3) is 0 Å². The molecule has 0 amide bonds.